The van der Waals surface area contributed by atoms with Crippen LogP contribution in [0.15, 0.2) is 0 Å². The SMILES string of the molecule is COC(=O)C(O)CC=O. The van der Waals surface area contributed by atoms with Crippen molar-refractivity contribution < 1.29 is 19.4 Å². The van der Waals surface area contributed by atoms with E-state index in [4.69, 9.17) is 5.11 Å². The van der Waals surface area contributed by atoms with Gasteiger partial charge in [0.15, 0.2) is 6.10 Å². The van der Waals surface area contributed by atoms with Crippen molar-refractivity contribution in [1.82, 2.24) is 0 Å². The maximum Gasteiger partial charge on any atom is 0.335 e. The predicted octanol–water partition coefficient (Wildman–Crippen LogP) is -0.891. The van der Waals surface area contributed by atoms with E-state index in [0.29, 0.717) is 6.29 Å². The Kier molecular flexibility index (Phi) is 3.62. The zero-order valence-electron chi connectivity index (χ0n) is 5.03. The van der Waals surface area contributed by atoms with Gasteiger partial charge in [0.2, 0.25) is 0 Å². The van der Waals surface area contributed by atoms with Crippen LogP contribution < -0.4 is 0 Å². The first-order valence-corrected chi connectivity index (χ1v) is 2.42. The zero-order valence-corrected chi connectivity index (χ0v) is 5.03. The summed E-state index contributed by atoms with van der Waals surface area (Å²) in [7, 11) is 1.15. The van der Waals surface area contributed by atoms with Crippen LogP contribution >= 0.6 is 0 Å². The number of rotatable bonds is 3. The maximum atomic E-state index is 10.3. The molecule has 0 aliphatic rings. The monoisotopic (exact) mass is 132 g/mol. The van der Waals surface area contributed by atoms with Crippen LogP contribution in [0.3, 0.4) is 0 Å². The van der Waals surface area contributed by atoms with Gasteiger partial charge in [0.25, 0.3) is 0 Å². The molecule has 0 aromatic rings. The number of hydrogen-bond acceptors (Lipinski definition) is 4. The van der Waals surface area contributed by atoms with Gasteiger partial charge < -0.3 is 14.6 Å². The summed E-state index contributed by atoms with van der Waals surface area (Å²) in [4.78, 5) is 19.9. The van der Waals surface area contributed by atoms with Crippen LogP contribution in [0.25, 0.3) is 0 Å². The minimum atomic E-state index is -1.30. The van der Waals surface area contributed by atoms with Crippen molar-refractivity contribution in [2.45, 2.75) is 12.5 Å². The Bertz CT molecular complexity index is 110. The Morgan fingerprint density at radius 1 is 1.89 bits per heavy atom. The molecule has 0 fully saturated rings. The van der Waals surface area contributed by atoms with Gasteiger partial charge in [-0.2, -0.15) is 0 Å². The normalized spacial score (nSPS) is 12.2. The molecule has 0 heterocycles. The Balaban J connectivity index is 3.58. The minimum Gasteiger partial charge on any atom is -0.467 e. The fraction of sp³-hybridized carbons (Fsp3) is 0.600. The molecular formula is C5H8O4. The minimum absolute atomic E-state index is 0.202. The second-order valence-electron chi connectivity index (χ2n) is 1.44. The highest BCUT2D eigenvalue weighted by atomic mass is 16.5. The summed E-state index contributed by atoms with van der Waals surface area (Å²) in [6.07, 6.45) is -1.04. The molecular weight excluding hydrogens is 124 g/mol. The topological polar surface area (TPSA) is 63.6 Å². The van der Waals surface area contributed by atoms with Crippen LogP contribution in [-0.2, 0) is 14.3 Å². The van der Waals surface area contributed by atoms with Crippen molar-refractivity contribution >= 4 is 12.3 Å². The summed E-state index contributed by atoms with van der Waals surface area (Å²) in [5.74, 6) is -0.776. The van der Waals surface area contributed by atoms with E-state index in [1.54, 1.807) is 0 Å². The molecule has 4 heteroatoms. The third-order valence-corrected chi connectivity index (χ3v) is 0.793. The number of aliphatic hydroxyl groups is 1. The highest BCUT2D eigenvalue weighted by Gasteiger charge is 2.13. The van der Waals surface area contributed by atoms with Gasteiger partial charge in [-0.3, -0.25) is 0 Å². The highest BCUT2D eigenvalue weighted by Crippen LogP contribution is 1.89. The molecule has 52 valence electrons. The number of hydrogen-bond donors (Lipinski definition) is 1. The van der Waals surface area contributed by atoms with Crippen LogP contribution in [0.1, 0.15) is 6.42 Å². The largest absolute Gasteiger partial charge is 0.467 e. The van der Waals surface area contributed by atoms with Crippen molar-refractivity contribution in [3.8, 4) is 0 Å². The quantitative estimate of drug-likeness (QED) is 0.399. The second-order valence-corrected chi connectivity index (χ2v) is 1.44. The molecule has 0 aliphatic heterocycles. The van der Waals surface area contributed by atoms with Gasteiger partial charge in [-0.15, -0.1) is 0 Å². The Hall–Kier alpha value is -0.900. The van der Waals surface area contributed by atoms with Gasteiger partial charge in [0.05, 0.1) is 7.11 Å². The zero-order chi connectivity index (χ0) is 7.28. The molecule has 0 aromatic heterocycles. The molecule has 0 spiro atoms. The Morgan fingerprint density at radius 2 is 2.44 bits per heavy atom. The summed E-state index contributed by atoms with van der Waals surface area (Å²) in [6.45, 7) is 0. The van der Waals surface area contributed by atoms with Crippen molar-refractivity contribution in [3.05, 3.63) is 0 Å². The van der Waals surface area contributed by atoms with Gasteiger partial charge in [0.1, 0.15) is 6.29 Å². The number of aliphatic hydroxyl groups excluding tert-OH is 1. The standard InChI is InChI=1S/C5H8O4/c1-9-5(8)4(7)2-3-6/h3-4,7H,2H2,1H3. The number of carbonyl (C=O) groups is 2. The predicted molar refractivity (Wildman–Crippen MR) is 28.7 cm³/mol. The molecule has 4 nitrogen and oxygen atoms in total. The van der Waals surface area contributed by atoms with E-state index >= 15 is 0 Å². The third-order valence-electron chi connectivity index (χ3n) is 0.793. The van der Waals surface area contributed by atoms with E-state index < -0.39 is 12.1 Å². The smallest absolute Gasteiger partial charge is 0.335 e. The molecule has 0 bridgehead atoms. The summed E-state index contributed by atoms with van der Waals surface area (Å²) < 4.78 is 4.12. The molecule has 1 unspecified atom stereocenters. The van der Waals surface area contributed by atoms with Crippen molar-refractivity contribution in [2.75, 3.05) is 7.11 Å². The van der Waals surface area contributed by atoms with E-state index in [0.717, 1.165) is 7.11 Å². The van der Waals surface area contributed by atoms with Crippen LogP contribution in [0, 0.1) is 0 Å². The molecule has 0 aromatic carbocycles. The number of ether oxygens (including phenoxy) is 1. The molecule has 0 amide bonds. The lowest BCUT2D eigenvalue weighted by atomic mass is 10.3. The first-order valence-electron chi connectivity index (χ1n) is 2.42. The third kappa shape index (κ3) is 2.81. The Morgan fingerprint density at radius 3 is 2.78 bits per heavy atom. The van der Waals surface area contributed by atoms with Gasteiger partial charge in [-0.25, -0.2) is 4.79 Å². The lowest BCUT2D eigenvalue weighted by Crippen LogP contribution is -2.21. The van der Waals surface area contributed by atoms with Crippen molar-refractivity contribution in [1.29, 1.82) is 0 Å². The van der Waals surface area contributed by atoms with E-state index in [1.807, 2.05) is 0 Å². The van der Waals surface area contributed by atoms with Gasteiger partial charge >= 0.3 is 5.97 Å². The van der Waals surface area contributed by atoms with Crippen molar-refractivity contribution in [3.63, 3.8) is 0 Å². The van der Waals surface area contributed by atoms with E-state index in [-0.39, 0.29) is 6.42 Å². The summed E-state index contributed by atoms with van der Waals surface area (Å²) >= 11 is 0. The van der Waals surface area contributed by atoms with Crippen LogP contribution in [-0.4, -0.2) is 30.6 Å². The summed E-state index contributed by atoms with van der Waals surface area (Å²) in [5.41, 5.74) is 0. The van der Waals surface area contributed by atoms with Crippen LogP contribution in [0.2, 0.25) is 0 Å². The van der Waals surface area contributed by atoms with Crippen LogP contribution in [0.5, 0.6) is 0 Å². The Labute approximate surface area is 52.4 Å². The molecule has 0 saturated heterocycles. The number of aldehydes is 1. The van der Waals surface area contributed by atoms with E-state index in [1.165, 1.54) is 0 Å². The fourth-order valence-corrected chi connectivity index (χ4v) is 0.323. The number of esters is 1. The molecule has 1 atom stereocenters. The molecule has 0 rings (SSSR count). The summed E-state index contributed by atoms with van der Waals surface area (Å²) in [5, 5.41) is 8.61. The van der Waals surface area contributed by atoms with Gasteiger partial charge in [-0.1, -0.05) is 0 Å². The molecule has 0 radical (unpaired) electrons. The van der Waals surface area contributed by atoms with Crippen molar-refractivity contribution in [2.24, 2.45) is 0 Å². The molecule has 0 aliphatic carbocycles. The molecule has 9 heavy (non-hydrogen) atoms. The van der Waals surface area contributed by atoms with Gasteiger partial charge in [-0.05, 0) is 0 Å². The molecule has 0 saturated carbocycles. The van der Waals surface area contributed by atoms with Gasteiger partial charge in [0, 0.05) is 6.42 Å². The van der Waals surface area contributed by atoms with Crippen LogP contribution in [0.4, 0.5) is 0 Å². The lowest BCUT2D eigenvalue weighted by molar-refractivity contribution is -0.151. The first-order chi connectivity index (χ1) is 4.22. The number of carbonyl (C=O) groups excluding carboxylic acids is 2. The molecule has 1 N–H and O–H groups in total. The fourth-order valence-electron chi connectivity index (χ4n) is 0.323. The second kappa shape index (κ2) is 4.03. The maximum absolute atomic E-state index is 10.3. The van der Waals surface area contributed by atoms with E-state index in [9.17, 15) is 9.59 Å². The average molecular weight is 132 g/mol. The van der Waals surface area contributed by atoms with E-state index in [2.05, 4.69) is 4.74 Å². The highest BCUT2D eigenvalue weighted by molar-refractivity contribution is 5.77. The lowest BCUT2D eigenvalue weighted by Gasteiger charge is -2.01. The summed E-state index contributed by atoms with van der Waals surface area (Å²) in [6, 6.07) is 0. The average Bonchev–Trinajstić information content (AvgIpc) is 1.87. The number of methoxy groups -OCH3 is 1. The first kappa shape index (κ1) is 8.10.